The Balaban J connectivity index is 1.54. The fraction of sp³-hybridized carbons (Fsp3) is 0.222. The third-order valence-corrected chi connectivity index (χ3v) is 4.58. The number of nitrogens with zero attached hydrogens (tertiary/aromatic N) is 1. The molecule has 0 unspecified atom stereocenters. The molecule has 7 heteroatoms. The number of amides is 1. The van der Waals surface area contributed by atoms with Gasteiger partial charge in [0.05, 0.1) is 0 Å². The van der Waals surface area contributed by atoms with E-state index in [-0.39, 0.29) is 5.91 Å². The summed E-state index contributed by atoms with van der Waals surface area (Å²) in [6.45, 7) is 1.38. The summed E-state index contributed by atoms with van der Waals surface area (Å²) in [5.74, 6) is 0.191. The third-order valence-electron chi connectivity index (χ3n) is 3.89. The van der Waals surface area contributed by atoms with Crippen LogP contribution in [0.1, 0.15) is 18.4 Å². The van der Waals surface area contributed by atoms with E-state index in [1.54, 1.807) is 18.2 Å². The van der Waals surface area contributed by atoms with Crippen molar-refractivity contribution in [1.29, 1.82) is 0 Å². The molecule has 4 nitrogen and oxygen atoms in total. The van der Waals surface area contributed by atoms with Gasteiger partial charge in [-0.15, -0.1) is 0 Å². The number of thiocarbonyl (C=S) groups is 1. The van der Waals surface area contributed by atoms with Crippen LogP contribution in [0.2, 0.25) is 10.0 Å². The van der Waals surface area contributed by atoms with E-state index in [4.69, 9.17) is 35.4 Å². The number of nitrogens with one attached hydrogen (secondary N) is 2. The minimum atomic E-state index is 0.191. The maximum Gasteiger partial charge on any atom is 0.227 e. The molecule has 2 N–H and O–H groups in total. The third kappa shape index (κ3) is 4.84. The lowest BCUT2D eigenvalue weighted by Crippen LogP contribution is -2.28. The lowest BCUT2D eigenvalue weighted by Gasteiger charge is -2.16. The van der Waals surface area contributed by atoms with Gasteiger partial charge in [0, 0.05) is 40.9 Å². The summed E-state index contributed by atoms with van der Waals surface area (Å²) in [5, 5.41) is 7.77. The normalized spacial score (nSPS) is 13.8. The molecule has 1 amide bonds. The van der Waals surface area contributed by atoms with Crippen LogP contribution in [0.4, 0.5) is 11.4 Å². The van der Waals surface area contributed by atoms with Gasteiger partial charge in [-0.25, -0.2) is 0 Å². The molecule has 25 heavy (non-hydrogen) atoms. The summed E-state index contributed by atoms with van der Waals surface area (Å²) in [5.41, 5.74) is 2.75. The van der Waals surface area contributed by atoms with Crippen LogP contribution in [-0.2, 0) is 11.3 Å². The molecule has 130 valence electrons. The molecule has 2 aromatic carbocycles. The Morgan fingerprint density at radius 3 is 2.40 bits per heavy atom. The van der Waals surface area contributed by atoms with Gasteiger partial charge in [0.1, 0.15) is 0 Å². The number of anilines is 2. The molecule has 1 fully saturated rings. The van der Waals surface area contributed by atoms with Gasteiger partial charge in [-0.2, -0.15) is 0 Å². The molecule has 0 spiro atoms. The van der Waals surface area contributed by atoms with Crippen molar-refractivity contribution in [3.8, 4) is 0 Å². The molecular formula is C18H17Cl2N3OS. The maximum atomic E-state index is 11.8. The first kappa shape index (κ1) is 18.0. The highest BCUT2D eigenvalue weighted by Crippen LogP contribution is 2.23. The quantitative estimate of drug-likeness (QED) is 0.744. The second kappa shape index (κ2) is 8.04. The van der Waals surface area contributed by atoms with Crippen LogP contribution in [0.3, 0.4) is 0 Å². The largest absolute Gasteiger partial charge is 0.358 e. The SMILES string of the molecule is O=C1CCCN1c1ccc(CNC(=S)Nc2cc(Cl)cc(Cl)c2)cc1. The first-order valence-electron chi connectivity index (χ1n) is 7.91. The van der Waals surface area contributed by atoms with Crippen molar-refractivity contribution in [2.24, 2.45) is 0 Å². The number of rotatable bonds is 4. The molecule has 0 aliphatic carbocycles. The van der Waals surface area contributed by atoms with Gasteiger partial charge in [0.25, 0.3) is 0 Å². The highest BCUT2D eigenvalue weighted by Gasteiger charge is 2.21. The standard InChI is InChI=1S/C18H17Cl2N3OS/c19-13-8-14(20)10-15(9-13)22-18(25)21-11-12-3-5-16(6-4-12)23-7-1-2-17(23)24/h3-6,8-10H,1-2,7,11H2,(H2,21,22,25). The van der Waals surface area contributed by atoms with Crippen LogP contribution in [0.5, 0.6) is 0 Å². The van der Waals surface area contributed by atoms with E-state index < -0.39 is 0 Å². The second-order valence-electron chi connectivity index (χ2n) is 5.78. The Morgan fingerprint density at radius 1 is 1.12 bits per heavy atom. The van der Waals surface area contributed by atoms with Crippen LogP contribution < -0.4 is 15.5 Å². The van der Waals surface area contributed by atoms with Crippen molar-refractivity contribution in [3.63, 3.8) is 0 Å². The average Bonchev–Trinajstić information content (AvgIpc) is 2.98. The Morgan fingerprint density at radius 2 is 1.80 bits per heavy atom. The fourth-order valence-electron chi connectivity index (χ4n) is 2.70. The zero-order valence-corrected chi connectivity index (χ0v) is 15.7. The number of carbonyl (C=O) groups excluding carboxylic acids is 1. The molecular weight excluding hydrogens is 377 g/mol. The number of halogens is 2. The van der Waals surface area contributed by atoms with Crippen LogP contribution in [0, 0.1) is 0 Å². The van der Waals surface area contributed by atoms with Gasteiger partial charge < -0.3 is 15.5 Å². The molecule has 1 aliphatic heterocycles. The first-order valence-corrected chi connectivity index (χ1v) is 9.08. The van der Waals surface area contributed by atoms with E-state index in [9.17, 15) is 4.79 Å². The fourth-order valence-corrected chi connectivity index (χ4v) is 3.41. The molecule has 0 radical (unpaired) electrons. The van der Waals surface area contributed by atoms with Crippen molar-refractivity contribution in [2.75, 3.05) is 16.8 Å². The van der Waals surface area contributed by atoms with Crippen LogP contribution in [0.15, 0.2) is 42.5 Å². The van der Waals surface area contributed by atoms with Crippen molar-refractivity contribution in [3.05, 3.63) is 58.1 Å². The van der Waals surface area contributed by atoms with Crippen LogP contribution in [0.25, 0.3) is 0 Å². The Hall–Kier alpha value is -1.82. The molecule has 2 aromatic rings. The summed E-state index contributed by atoms with van der Waals surface area (Å²) < 4.78 is 0. The zero-order valence-electron chi connectivity index (χ0n) is 13.4. The summed E-state index contributed by atoms with van der Waals surface area (Å²) in [7, 11) is 0. The molecule has 3 rings (SSSR count). The number of hydrogen-bond acceptors (Lipinski definition) is 2. The summed E-state index contributed by atoms with van der Waals surface area (Å²) in [6.07, 6.45) is 1.56. The Bertz CT molecular complexity index is 775. The van der Waals surface area contributed by atoms with Gasteiger partial charge in [0.2, 0.25) is 5.91 Å². The average molecular weight is 394 g/mol. The molecule has 1 aliphatic rings. The minimum Gasteiger partial charge on any atom is -0.358 e. The van der Waals surface area contributed by atoms with E-state index in [1.165, 1.54) is 0 Å². The second-order valence-corrected chi connectivity index (χ2v) is 7.06. The zero-order chi connectivity index (χ0) is 17.8. The van der Waals surface area contributed by atoms with Gasteiger partial charge in [-0.3, -0.25) is 4.79 Å². The van der Waals surface area contributed by atoms with Crippen LogP contribution in [-0.4, -0.2) is 17.6 Å². The van der Waals surface area contributed by atoms with Crippen molar-refractivity contribution < 1.29 is 4.79 Å². The van der Waals surface area contributed by atoms with Crippen molar-refractivity contribution in [2.45, 2.75) is 19.4 Å². The van der Waals surface area contributed by atoms with Gasteiger partial charge in [-0.05, 0) is 54.5 Å². The molecule has 1 saturated heterocycles. The van der Waals surface area contributed by atoms with E-state index in [2.05, 4.69) is 10.6 Å². The highest BCUT2D eigenvalue weighted by molar-refractivity contribution is 7.80. The molecule has 0 atom stereocenters. The molecule has 0 saturated carbocycles. The van der Waals surface area contributed by atoms with Gasteiger partial charge >= 0.3 is 0 Å². The highest BCUT2D eigenvalue weighted by atomic mass is 35.5. The lowest BCUT2D eigenvalue weighted by atomic mass is 10.2. The van der Waals surface area contributed by atoms with E-state index >= 15 is 0 Å². The van der Waals surface area contributed by atoms with Gasteiger partial charge in [-0.1, -0.05) is 35.3 Å². The predicted molar refractivity (Wildman–Crippen MR) is 108 cm³/mol. The summed E-state index contributed by atoms with van der Waals surface area (Å²) >= 11 is 17.2. The predicted octanol–water partition coefficient (Wildman–Crippen LogP) is 4.61. The molecule has 0 aromatic heterocycles. The Labute approximate surface area is 162 Å². The van der Waals surface area contributed by atoms with E-state index in [1.807, 2.05) is 29.2 Å². The number of carbonyl (C=O) groups is 1. The number of benzene rings is 2. The first-order chi connectivity index (χ1) is 12.0. The van der Waals surface area contributed by atoms with E-state index in [0.29, 0.717) is 28.1 Å². The van der Waals surface area contributed by atoms with E-state index in [0.717, 1.165) is 29.9 Å². The van der Waals surface area contributed by atoms with Gasteiger partial charge in [0.15, 0.2) is 5.11 Å². The monoisotopic (exact) mass is 393 g/mol. The minimum absolute atomic E-state index is 0.191. The molecule has 1 heterocycles. The smallest absolute Gasteiger partial charge is 0.227 e. The summed E-state index contributed by atoms with van der Waals surface area (Å²) in [6, 6.07) is 13.1. The topological polar surface area (TPSA) is 44.4 Å². The maximum absolute atomic E-state index is 11.8. The van der Waals surface area contributed by atoms with Crippen LogP contribution >= 0.6 is 35.4 Å². The van der Waals surface area contributed by atoms with Crippen molar-refractivity contribution >= 4 is 57.8 Å². The van der Waals surface area contributed by atoms with Crippen molar-refractivity contribution in [1.82, 2.24) is 5.32 Å². The Kier molecular flexibility index (Phi) is 5.78. The summed E-state index contributed by atoms with van der Waals surface area (Å²) in [4.78, 5) is 13.6. The molecule has 0 bridgehead atoms. The number of hydrogen-bond donors (Lipinski definition) is 2. The lowest BCUT2D eigenvalue weighted by molar-refractivity contribution is -0.117.